The Morgan fingerprint density at radius 3 is 2.19 bits per heavy atom. The predicted octanol–water partition coefficient (Wildman–Crippen LogP) is 4.12. The molecule has 0 aliphatic carbocycles. The van der Waals surface area contributed by atoms with Crippen molar-refractivity contribution in [1.29, 1.82) is 0 Å². The van der Waals surface area contributed by atoms with Crippen molar-refractivity contribution in [2.24, 2.45) is 0 Å². The smallest absolute Gasteiger partial charge is 0.348 e. The minimum absolute atomic E-state index is 0.0551. The fourth-order valence-electron chi connectivity index (χ4n) is 2.41. The number of amides is 2. The maximum absolute atomic E-state index is 13.0. The lowest BCUT2D eigenvalue weighted by molar-refractivity contribution is -0.137. The molecule has 27 heavy (non-hydrogen) atoms. The Morgan fingerprint density at radius 1 is 1.04 bits per heavy atom. The summed E-state index contributed by atoms with van der Waals surface area (Å²) in [6, 6.07) is 11.3. The molecule has 7 heteroatoms. The lowest BCUT2D eigenvalue weighted by Gasteiger charge is -2.21. The van der Waals surface area contributed by atoms with Crippen LogP contribution in [0.25, 0.3) is 0 Å². The normalized spacial score (nSPS) is 11.4. The maximum Gasteiger partial charge on any atom is 0.417 e. The highest BCUT2D eigenvalue weighted by Crippen LogP contribution is 2.31. The van der Waals surface area contributed by atoms with Gasteiger partial charge in [0.15, 0.2) is 0 Å². The summed E-state index contributed by atoms with van der Waals surface area (Å²) in [5.74, 6) is -0.928. The van der Waals surface area contributed by atoms with Crippen molar-refractivity contribution in [2.75, 3.05) is 7.05 Å². The van der Waals surface area contributed by atoms with Crippen molar-refractivity contribution in [3.05, 3.63) is 70.8 Å². The Labute approximate surface area is 156 Å². The first kappa shape index (κ1) is 20.5. The average molecular weight is 378 g/mol. The van der Waals surface area contributed by atoms with Crippen LogP contribution in [0.3, 0.4) is 0 Å². The van der Waals surface area contributed by atoms with Crippen molar-refractivity contribution in [1.82, 2.24) is 10.2 Å². The lowest BCUT2D eigenvalue weighted by Crippen LogP contribution is -2.32. The van der Waals surface area contributed by atoms with E-state index in [0.717, 1.165) is 12.1 Å². The lowest BCUT2D eigenvalue weighted by atomic mass is 10.1. The molecule has 4 nitrogen and oxygen atoms in total. The van der Waals surface area contributed by atoms with Gasteiger partial charge in [0, 0.05) is 25.2 Å². The van der Waals surface area contributed by atoms with E-state index >= 15 is 0 Å². The number of alkyl halides is 3. The summed E-state index contributed by atoms with van der Waals surface area (Å²) in [4.78, 5) is 26.0. The molecule has 0 saturated carbocycles. The number of nitrogens with one attached hydrogen (secondary N) is 1. The zero-order chi connectivity index (χ0) is 20.2. The molecule has 2 aromatic rings. The summed E-state index contributed by atoms with van der Waals surface area (Å²) >= 11 is 0. The van der Waals surface area contributed by atoms with Crippen LogP contribution < -0.4 is 5.32 Å². The Bertz CT molecular complexity index is 815. The van der Waals surface area contributed by atoms with Gasteiger partial charge in [0.25, 0.3) is 11.8 Å². The number of nitrogens with zero attached hydrogens (tertiary/aromatic N) is 1. The van der Waals surface area contributed by atoms with Gasteiger partial charge in [0.2, 0.25) is 0 Å². The number of benzene rings is 2. The molecule has 0 spiro atoms. The zero-order valence-electron chi connectivity index (χ0n) is 15.3. The van der Waals surface area contributed by atoms with Crippen LogP contribution in [-0.2, 0) is 12.7 Å². The van der Waals surface area contributed by atoms with E-state index in [2.05, 4.69) is 5.32 Å². The molecule has 2 amide bonds. The first-order chi connectivity index (χ1) is 12.6. The van der Waals surface area contributed by atoms with E-state index in [-0.39, 0.29) is 18.5 Å². The van der Waals surface area contributed by atoms with Crippen LogP contribution in [0.5, 0.6) is 0 Å². The van der Waals surface area contributed by atoms with Gasteiger partial charge >= 0.3 is 6.18 Å². The summed E-state index contributed by atoms with van der Waals surface area (Å²) in [6.45, 7) is 3.86. The third-order valence-electron chi connectivity index (χ3n) is 4.23. The van der Waals surface area contributed by atoms with Crippen LogP contribution >= 0.6 is 0 Å². The standard InChI is InChI=1S/C20H21F3N2O2/c1-13(2)25(3)19(27)15-10-8-14(9-11-15)12-24-18(26)16-6-4-5-7-17(16)20(21,22)23/h4-11,13H,12H2,1-3H3,(H,24,26). The minimum Gasteiger partial charge on any atom is -0.348 e. The van der Waals surface area contributed by atoms with Crippen molar-refractivity contribution < 1.29 is 22.8 Å². The van der Waals surface area contributed by atoms with Gasteiger partial charge in [-0.1, -0.05) is 24.3 Å². The molecule has 0 atom stereocenters. The van der Waals surface area contributed by atoms with Crippen molar-refractivity contribution in [3.63, 3.8) is 0 Å². The van der Waals surface area contributed by atoms with Crippen LogP contribution in [0.1, 0.15) is 45.7 Å². The molecule has 0 aromatic heterocycles. The summed E-state index contributed by atoms with van der Waals surface area (Å²) in [5, 5.41) is 2.48. The Kier molecular flexibility index (Phi) is 6.25. The Hall–Kier alpha value is -2.83. The molecule has 0 radical (unpaired) electrons. The van der Waals surface area contributed by atoms with Crippen LogP contribution in [0.4, 0.5) is 13.2 Å². The molecule has 0 aliphatic rings. The second-order valence-corrected chi connectivity index (χ2v) is 6.43. The third-order valence-corrected chi connectivity index (χ3v) is 4.23. The maximum atomic E-state index is 13.0. The molecule has 2 rings (SSSR count). The number of carbonyl (C=O) groups is 2. The third kappa shape index (κ3) is 5.09. The molecule has 0 unspecified atom stereocenters. The summed E-state index contributed by atoms with van der Waals surface area (Å²) < 4.78 is 39.0. The average Bonchev–Trinajstić information content (AvgIpc) is 2.64. The quantitative estimate of drug-likeness (QED) is 0.851. The van der Waals surface area contributed by atoms with Crippen LogP contribution in [0.15, 0.2) is 48.5 Å². The molecule has 1 N–H and O–H groups in total. The molecular formula is C20H21F3N2O2. The molecule has 0 fully saturated rings. The summed E-state index contributed by atoms with van der Waals surface area (Å²) in [7, 11) is 1.71. The first-order valence-electron chi connectivity index (χ1n) is 8.41. The summed E-state index contributed by atoms with van der Waals surface area (Å²) in [5.41, 5.74) is -0.212. The monoisotopic (exact) mass is 378 g/mol. The zero-order valence-corrected chi connectivity index (χ0v) is 15.3. The SMILES string of the molecule is CC(C)N(C)C(=O)c1ccc(CNC(=O)c2ccccc2C(F)(F)F)cc1. The van der Waals surface area contributed by atoms with Gasteiger partial charge in [-0.05, 0) is 43.7 Å². The largest absolute Gasteiger partial charge is 0.417 e. The van der Waals surface area contributed by atoms with Gasteiger partial charge in [-0.3, -0.25) is 9.59 Å². The van der Waals surface area contributed by atoms with E-state index in [4.69, 9.17) is 0 Å². The number of rotatable bonds is 5. The van der Waals surface area contributed by atoms with E-state index in [0.29, 0.717) is 11.1 Å². The molecular weight excluding hydrogens is 357 g/mol. The fraction of sp³-hybridized carbons (Fsp3) is 0.300. The van der Waals surface area contributed by atoms with Crippen LogP contribution in [-0.4, -0.2) is 29.8 Å². The molecule has 144 valence electrons. The first-order valence-corrected chi connectivity index (χ1v) is 8.41. The molecule has 0 bridgehead atoms. The minimum atomic E-state index is -4.60. The van der Waals surface area contributed by atoms with Crippen molar-refractivity contribution in [3.8, 4) is 0 Å². The highest BCUT2D eigenvalue weighted by molar-refractivity contribution is 5.96. The second kappa shape index (κ2) is 8.24. The van der Waals surface area contributed by atoms with E-state index in [9.17, 15) is 22.8 Å². The van der Waals surface area contributed by atoms with Gasteiger partial charge in [0.1, 0.15) is 0 Å². The van der Waals surface area contributed by atoms with Crippen LogP contribution in [0, 0.1) is 0 Å². The topological polar surface area (TPSA) is 49.4 Å². The molecule has 0 saturated heterocycles. The predicted molar refractivity (Wildman–Crippen MR) is 96.3 cm³/mol. The Balaban J connectivity index is 2.06. The van der Waals surface area contributed by atoms with E-state index in [1.165, 1.54) is 12.1 Å². The summed E-state index contributed by atoms with van der Waals surface area (Å²) in [6.07, 6.45) is -4.60. The molecule has 0 heterocycles. The molecule has 0 aliphatic heterocycles. The van der Waals surface area contributed by atoms with Gasteiger partial charge in [0.05, 0.1) is 11.1 Å². The van der Waals surface area contributed by atoms with E-state index in [1.807, 2.05) is 13.8 Å². The van der Waals surface area contributed by atoms with Gasteiger partial charge in [-0.25, -0.2) is 0 Å². The van der Waals surface area contributed by atoms with Gasteiger partial charge in [-0.15, -0.1) is 0 Å². The van der Waals surface area contributed by atoms with Crippen molar-refractivity contribution >= 4 is 11.8 Å². The highest BCUT2D eigenvalue weighted by Gasteiger charge is 2.34. The number of hydrogen-bond acceptors (Lipinski definition) is 2. The highest BCUT2D eigenvalue weighted by atomic mass is 19.4. The molecule has 2 aromatic carbocycles. The number of halogens is 3. The van der Waals surface area contributed by atoms with E-state index < -0.39 is 23.2 Å². The van der Waals surface area contributed by atoms with Gasteiger partial charge < -0.3 is 10.2 Å². The van der Waals surface area contributed by atoms with Crippen molar-refractivity contribution in [2.45, 2.75) is 32.6 Å². The Morgan fingerprint density at radius 2 is 1.63 bits per heavy atom. The fourth-order valence-corrected chi connectivity index (χ4v) is 2.41. The van der Waals surface area contributed by atoms with Gasteiger partial charge in [-0.2, -0.15) is 13.2 Å². The van der Waals surface area contributed by atoms with Crippen LogP contribution in [0.2, 0.25) is 0 Å². The number of carbonyl (C=O) groups excluding carboxylic acids is 2. The second-order valence-electron chi connectivity index (χ2n) is 6.43. The van der Waals surface area contributed by atoms with E-state index in [1.54, 1.807) is 36.2 Å². The number of hydrogen-bond donors (Lipinski definition) is 1.